The normalized spacial score (nSPS) is 18.1. The summed E-state index contributed by atoms with van der Waals surface area (Å²) in [4.78, 5) is 23.2. The second-order valence-corrected chi connectivity index (χ2v) is 6.28. The first kappa shape index (κ1) is 17.4. The Morgan fingerprint density at radius 1 is 1.20 bits per heavy atom. The van der Waals surface area contributed by atoms with Crippen molar-refractivity contribution in [1.82, 2.24) is 14.9 Å². The van der Waals surface area contributed by atoms with Crippen LogP contribution in [0, 0.1) is 18.6 Å². The Morgan fingerprint density at radius 3 is 2.64 bits per heavy atom. The van der Waals surface area contributed by atoms with E-state index in [1.807, 2.05) is 11.8 Å². The number of hydrogen-bond acceptors (Lipinski definition) is 4. The van der Waals surface area contributed by atoms with Gasteiger partial charge in [0, 0.05) is 30.7 Å². The summed E-state index contributed by atoms with van der Waals surface area (Å²) in [6.07, 6.45) is 6.04. The number of hydrogen-bond donors (Lipinski definition) is 1. The average molecular weight is 346 g/mol. The topological polar surface area (TPSA) is 58.1 Å². The Hall–Kier alpha value is -2.41. The van der Waals surface area contributed by atoms with Crippen molar-refractivity contribution in [3.63, 3.8) is 0 Å². The van der Waals surface area contributed by atoms with Crippen molar-refractivity contribution < 1.29 is 13.6 Å². The second-order valence-electron chi connectivity index (χ2n) is 6.28. The van der Waals surface area contributed by atoms with Crippen molar-refractivity contribution in [1.29, 1.82) is 0 Å². The highest BCUT2D eigenvalue weighted by Crippen LogP contribution is 2.21. The number of piperidine rings is 1. The van der Waals surface area contributed by atoms with E-state index < -0.39 is 11.6 Å². The molecule has 2 heterocycles. The zero-order valence-corrected chi connectivity index (χ0v) is 14.0. The van der Waals surface area contributed by atoms with Gasteiger partial charge >= 0.3 is 0 Å². The number of amides is 1. The highest BCUT2D eigenvalue weighted by Gasteiger charge is 2.29. The van der Waals surface area contributed by atoms with E-state index in [0.717, 1.165) is 49.0 Å². The third kappa shape index (κ3) is 4.57. The summed E-state index contributed by atoms with van der Waals surface area (Å²) >= 11 is 0. The lowest BCUT2D eigenvalue weighted by atomic mass is 10.0. The number of nitrogens with zero attached hydrogens (tertiary/aromatic N) is 3. The Labute approximate surface area is 145 Å². The summed E-state index contributed by atoms with van der Waals surface area (Å²) in [6.45, 7) is 3.15. The van der Waals surface area contributed by atoms with E-state index in [2.05, 4.69) is 15.3 Å². The van der Waals surface area contributed by atoms with Gasteiger partial charge in [-0.15, -0.1) is 0 Å². The minimum Gasteiger partial charge on any atom is -0.325 e. The van der Waals surface area contributed by atoms with Crippen LogP contribution in [0.5, 0.6) is 0 Å². The second kappa shape index (κ2) is 7.65. The SMILES string of the molecule is Cc1cnc(CN2CCCCC2C(=O)Nc2cc(F)cc(F)c2)cn1. The molecule has 1 saturated heterocycles. The average Bonchev–Trinajstić information content (AvgIpc) is 2.56. The molecule has 7 heteroatoms. The van der Waals surface area contributed by atoms with Crippen LogP contribution in [0.15, 0.2) is 30.6 Å². The van der Waals surface area contributed by atoms with Gasteiger partial charge in [0.1, 0.15) is 11.6 Å². The molecule has 0 spiro atoms. The van der Waals surface area contributed by atoms with Crippen LogP contribution in [-0.2, 0) is 11.3 Å². The molecule has 25 heavy (non-hydrogen) atoms. The van der Waals surface area contributed by atoms with Crippen molar-refractivity contribution >= 4 is 11.6 Å². The molecule has 132 valence electrons. The summed E-state index contributed by atoms with van der Waals surface area (Å²) in [5, 5.41) is 2.62. The lowest BCUT2D eigenvalue weighted by molar-refractivity contribution is -0.122. The van der Waals surface area contributed by atoms with Gasteiger partial charge in [-0.05, 0) is 38.4 Å². The molecule has 0 aliphatic carbocycles. The van der Waals surface area contributed by atoms with E-state index in [4.69, 9.17) is 0 Å². The summed E-state index contributed by atoms with van der Waals surface area (Å²) in [5.41, 5.74) is 1.76. The standard InChI is InChI=1S/C18H20F2N4O/c1-12-9-22-16(10-21-12)11-24-5-3-2-4-17(24)18(25)23-15-7-13(19)6-14(20)8-15/h6-10,17H,2-5,11H2,1H3,(H,23,25). The molecule has 0 saturated carbocycles. The van der Waals surface area contributed by atoms with Crippen molar-refractivity contribution in [3.8, 4) is 0 Å². The molecule has 0 radical (unpaired) electrons. The Balaban J connectivity index is 1.71. The summed E-state index contributed by atoms with van der Waals surface area (Å²) in [7, 11) is 0. The van der Waals surface area contributed by atoms with Crippen molar-refractivity contribution in [2.24, 2.45) is 0 Å². The van der Waals surface area contributed by atoms with Crippen LogP contribution in [0.3, 0.4) is 0 Å². The van der Waals surface area contributed by atoms with E-state index >= 15 is 0 Å². The van der Waals surface area contributed by atoms with Gasteiger partial charge in [0.25, 0.3) is 0 Å². The number of aromatic nitrogens is 2. The van der Waals surface area contributed by atoms with Gasteiger partial charge in [0.2, 0.25) is 5.91 Å². The van der Waals surface area contributed by atoms with E-state index in [0.29, 0.717) is 13.0 Å². The highest BCUT2D eigenvalue weighted by molar-refractivity contribution is 5.94. The molecule has 1 fully saturated rings. The molecule has 1 aromatic carbocycles. The Morgan fingerprint density at radius 2 is 1.96 bits per heavy atom. The predicted molar refractivity (Wildman–Crippen MR) is 89.8 cm³/mol. The summed E-state index contributed by atoms with van der Waals surface area (Å²) in [6, 6.07) is 2.64. The zero-order chi connectivity index (χ0) is 17.8. The van der Waals surface area contributed by atoms with Gasteiger partial charge in [0.15, 0.2) is 0 Å². The number of aryl methyl sites for hydroxylation is 1. The molecule has 2 aromatic rings. The quantitative estimate of drug-likeness (QED) is 0.924. The van der Waals surface area contributed by atoms with Gasteiger partial charge in [-0.1, -0.05) is 6.42 Å². The van der Waals surface area contributed by atoms with Crippen molar-refractivity contribution in [3.05, 3.63) is 53.6 Å². The fourth-order valence-corrected chi connectivity index (χ4v) is 3.04. The van der Waals surface area contributed by atoms with Crippen molar-refractivity contribution in [2.45, 2.75) is 38.8 Å². The zero-order valence-electron chi connectivity index (χ0n) is 14.0. The van der Waals surface area contributed by atoms with E-state index in [-0.39, 0.29) is 17.6 Å². The summed E-state index contributed by atoms with van der Waals surface area (Å²) < 4.78 is 26.6. The minimum absolute atomic E-state index is 0.128. The third-order valence-electron chi connectivity index (χ3n) is 4.25. The Kier molecular flexibility index (Phi) is 5.33. The first-order valence-electron chi connectivity index (χ1n) is 8.30. The van der Waals surface area contributed by atoms with Gasteiger partial charge in [-0.3, -0.25) is 19.7 Å². The molecule has 3 rings (SSSR count). The predicted octanol–water partition coefficient (Wildman–Crippen LogP) is 3.06. The van der Waals surface area contributed by atoms with E-state index in [1.165, 1.54) is 0 Å². The van der Waals surface area contributed by atoms with Crippen LogP contribution in [-0.4, -0.2) is 33.4 Å². The number of anilines is 1. The third-order valence-corrected chi connectivity index (χ3v) is 4.25. The van der Waals surface area contributed by atoms with Crippen molar-refractivity contribution in [2.75, 3.05) is 11.9 Å². The highest BCUT2D eigenvalue weighted by atomic mass is 19.1. The van der Waals surface area contributed by atoms with E-state index in [9.17, 15) is 13.6 Å². The molecule has 5 nitrogen and oxygen atoms in total. The molecule has 1 atom stereocenters. The first-order valence-corrected chi connectivity index (χ1v) is 8.30. The van der Waals surface area contributed by atoms with Crippen LogP contribution in [0.25, 0.3) is 0 Å². The maximum Gasteiger partial charge on any atom is 0.241 e. The lowest BCUT2D eigenvalue weighted by Gasteiger charge is -2.34. The number of halogens is 2. The van der Waals surface area contributed by atoms with Crippen LogP contribution < -0.4 is 5.32 Å². The van der Waals surface area contributed by atoms with Crippen LogP contribution >= 0.6 is 0 Å². The lowest BCUT2D eigenvalue weighted by Crippen LogP contribution is -2.46. The van der Waals surface area contributed by atoms with Gasteiger partial charge in [-0.25, -0.2) is 8.78 Å². The first-order chi connectivity index (χ1) is 12.0. The number of carbonyl (C=O) groups is 1. The molecule has 0 bridgehead atoms. The Bertz CT molecular complexity index is 731. The van der Waals surface area contributed by atoms with Gasteiger partial charge in [-0.2, -0.15) is 0 Å². The maximum atomic E-state index is 13.3. The molecule has 1 aliphatic rings. The van der Waals surface area contributed by atoms with Gasteiger partial charge in [0.05, 0.1) is 17.4 Å². The molecule has 1 aliphatic heterocycles. The monoisotopic (exact) mass is 346 g/mol. The fraction of sp³-hybridized carbons (Fsp3) is 0.389. The molecular weight excluding hydrogens is 326 g/mol. The smallest absolute Gasteiger partial charge is 0.241 e. The van der Waals surface area contributed by atoms with Gasteiger partial charge < -0.3 is 5.32 Å². The van der Waals surface area contributed by atoms with E-state index in [1.54, 1.807) is 12.4 Å². The number of likely N-dealkylation sites (tertiary alicyclic amines) is 1. The molecule has 1 aromatic heterocycles. The maximum absolute atomic E-state index is 13.3. The molecule has 1 unspecified atom stereocenters. The molecule has 1 N–H and O–H groups in total. The summed E-state index contributed by atoms with van der Waals surface area (Å²) in [5.74, 6) is -1.69. The van der Waals surface area contributed by atoms with Crippen LogP contribution in [0.2, 0.25) is 0 Å². The fourth-order valence-electron chi connectivity index (χ4n) is 3.04. The van der Waals surface area contributed by atoms with Crippen LogP contribution in [0.1, 0.15) is 30.7 Å². The number of nitrogens with one attached hydrogen (secondary N) is 1. The number of benzene rings is 1. The van der Waals surface area contributed by atoms with Crippen LogP contribution in [0.4, 0.5) is 14.5 Å². The largest absolute Gasteiger partial charge is 0.325 e. The molecular formula is C18H20F2N4O. The number of rotatable bonds is 4. The molecule has 1 amide bonds. The number of carbonyl (C=O) groups excluding carboxylic acids is 1. The minimum atomic E-state index is -0.717.